The van der Waals surface area contributed by atoms with Crippen molar-refractivity contribution in [2.45, 2.75) is 6.61 Å². The van der Waals surface area contributed by atoms with Gasteiger partial charge in [0.25, 0.3) is 0 Å². The summed E-state index contributed by atoms with van der Waals surface area (Å²) in [6.07, 6.45) is 1.60. The second-order valence-corrected chi connectivity index (χ2v) is 6.66. The molecule has 0 unspecified atom stereocenters. The van der Waals surface area contributed by atoms with Gasteiger partial charge in [-0.05, 0) is 58.6 Å². The van der Waals surface area contributed by atoms with Gasteiger partial charge in [0.1, 0.15) is 6.61 Å². The first-order valence-electron chi connectivity index (χ1n) is 6.83. The van der Waals surface area contributed by atoms with Crippen molar-refractivity contribution < 1.29 is 9.47 Å². The molecule has 0 aliphatic carbocycles. The van der Waals surface area contributed by atoms with Crippen LogP contribution >= 0.6 is 46.4 Å². The van der Waals surface area contributed by atoms with Crippen LogP contribution in [0.1, 0.15) is 11.1 Å². The van der Waals surface area contributed by atoms with Crippen LogP contribution in [0.3, 0.4) is 0 Å². The van der Waals surface area contributed by atoms with Crippen LogP contribution in [0, 0.1) is 3.57 Å². The van der Waals surface area contributed by atoms with Crippen LogP contribution in [0.4, 0.5) is 0 Å². The summed E-state index contributed by atoms with van der Waals surface area (Å²) >= 11 is 13.0. The van der Waals surface area contributed by atoms with E-state index in [4.69, 9.17) is 39.0 Å². The van der Waals surface area contributed by atoms with E-state index in [0.29, 0.717) is 23.1 Å². The Hall–Kier alpha value is -1.58. The third kappa shape index (κ3) is 5.22. The number of nitrogens with zero attached hydrogens (tertiary/aromatic N) is 1. The number of methoxy groups -OCH3 is 1. The van der Waals surface area contributed by atoms with Gasteiger partial charge < -0.3 is 15.2 Å². The van der Waals surface area contributed by atoms with Gasteiger partial charge in [0, 0.05) is 10.6 Å². The van der Waals surface area contributed by atoms with Gasteiger partial charge in [-0.15, -0.1) is 0 Å². The maximum Gasteiger partial charge on any atom is 0.184 e. The molecule has 0 saturated heterocycles. The predicted molar refractivity (Wildman–Crippen MR) is 109 cm³/mol. The lowest BCUT2D eigenvalue weighted by atomic mass is 10.2. The number of halogens is 2. The lowest BCUT2D eigenvalue weighted by molar-refractivity contribution is 0.282. The second kappa shape index (κ2) is 9.05. The van der Waals surface area contributed by atoms with Crippen molar-refractivity contribution in [1.29, 1.82) is 0 Å². The fourth-order valence-electron chi connectivity index (χ4n) is 1.89. The molecule has 0 aliphatic heterocycles. The summed E-state index contributed by atoms with van der Waals surface area (Å²) in [5.41, 5.74) is 9.56. The van der Waals surface area contributed by atoms with Crippen molar-refractivity contribution in [2.75, 3.05) is 7.11 Å². The molecule has 0 spiro atoms. The Morgan fingerprint density at radius 1 is 1.42 bits per heavy atom. The minimum absolute atomic E-state index is 0.104. The fourth-order valence-corrected chi connectivity index (χ4v) is 2.91. The van der Waals surface area contributed by atoms with Crippen molar-refractivity contribution in [2.24, 2.45) is 10.8 Å². The van der Waals surface area contributed by atoms with Gasteiger partial charge in [-0.3, -0.25) is 5.43 Å². The molecule has 5 nitrogen and oxygen atoms in total. The Kier molecular flexibility index (Phi) is 7.07. The van der Waals surface area contributed by atoms with Crippen LogP contribution < -0.4 is 20.6 Å². The number of benzene rings is 2. The lowest BCUT2D eigenvalue weighted by Gasteiger charge is -2.14. The normalized spacial score (nSPS) is 10.6. The largest absolute Gasteiger partial charge is 0.493 e. The average molecular weight is 476 g/mol. The number of hydrogen-bond acceptors (Lipinski definition) is 4. The highest BCUT2D eigenvalue weighted by Gasteiger charge is 2.12. The van der Waals surface area contributed by atoms with Gasteiger partial charge in [-0.25, -0.2) is 0 Å². The molecular formula is C16H15ClIN3O2S. The molecule has 0 bridgehead atoms. The zero-order valence-electron chi connectivity index (χ0n) is 12.8. The highest BCUT2D eigenvalue weighted by molar-refractivity contribution is 14.1. The Morgan fingerprint density at radius 2 is 2.17 bits per heavy atom. The number of thiocarbonyl (C=S) groups is 1. The lowest BCUT2D eigenvalue weighted by Crippen LogP contribution is -2.24. The average Bonchev–Trinajstić information content (AvgIpc) is 2.54. The van der Waals surface area contributed by atoms with E-state index in [2.05, 4.69) is 33.1 Å². The number of hydrogen-bond donors (Lipinski definition) is 2. The molecule has 24 heavy (non-hydrogen) atoms. The molecule has 126 valence electrons. The number of nitrogens with two attached hydrogens (primary N) is 1. The number of ether oxygens (including phenoxy) is 2. The monoisotopic (exact) mass is 475 g/mol. The molecule has 3 N–H and O–H groups in total. The maximum absolute atomic E-state index is 6.15. The smallest absolute Gasteiger partial charge is 0.184 e. The SMILES string of the molecule is COc1cc(/C=N\NC(N)=S)cc(I)c1OCc1ccccc1Cl. The molecule has 0 heterocycles. The van der Waals surface area contributed by atoms with Crippen LogP contribution in [-0.2, 0) is 6.61 Å². The molecule has 2 rings (SSSR count). The maximum atomic E-state index is 6.15. The van der Waals surface area contributed by atoms with Gasteiger partial charge >= 0.3 is 0 Å². The van der Waals surface area contributed by atoms with Crippen molar-refractivity contribution >= 4 is 57.7 Å². The van der Waals surface area contributed by atoms with Gasteiger partial charge in [-0.1, -0.05) is 29.8 Å². The topological polar surface area (TPSA) is 68.9 Å². The van der Waals surface area contributed by atoms with E-state index in [-0.39, 0.29) is 5.11 Å². The molecule has 0 aliphatic rings. The van der Waals surface area contributed by atoms with E-state index in [1.807, 2.05) is 36.4 Å². The van der Waals surface area contributed by atoms with E-state index < -0.39 is 0 Å². The summed E-state index contributed by atoms with van der Waals surface area (Å²) < 4.78 is 12.2. The Labute approximate surface area is 164 Å². The summed E-state index contributed by atoms with van der Waals surface area (Å²) in [6, 6.07) is 11.3. The third-order valence-corrected chi connectivity index (χ3v) is 4.23. The Morgan fingerprint density at radius 3 is 2.83 bits per heavy atom. The highest BCUT2D eigenvalue weighted by atomic mass is 127. The zero-order chi connectivity index (χ0) is 17.5. The molecule has 0 radical (unpaired) electrons. The Balaban J connectivity index is 2.19. The first-order valence-corrected chi connectivity index (χ1v) is 8.70. The van der Waals surface area contributed by atoms with E-state index in [9.17, 15) is 0 Å². The number of nitrogens with one attached hydrogen (secondary N) is 1. The van der Waals surface area contributed by atoms with E-state index >= 15 is 0 Å². The molecule has 2 aromatic carbocycles. The highest BCUT2D eigenvalue weighted by Crippen LogP contribution is 2.34. The molecule has 0 amide bonds. The summed E-state index contributed by atoms with van der Waals surface area (Å²) in [5, 5.41) is 4.70. The van der Waals surface area contributed by atoms with Gasteiger partial charge in [0.2, 0.25) is 0 Å². The van der Waals surface area contributed by atoms with Crippen molar-refractivity contribution in [1.82, 2.24) is 5.43 Å². The number of rotatable bonds is 6. The van der Waals surface area contributed by atoms with Gasteiger partial charge in [0.15, 0.2) is 16.6 Å². The van der Waals surface area contributed by atoms with Crippen LogP contribution in [0.15, 0.2) is 41.5 Å². The molecule has 8 heteroatoms. The standard InChI is InChI=1S/C16H15ClIN3O2S/c1-22-14-7-10(8-20-21-16(19)24)6-13(18)15(14)23-9-11-4-2-3-5-12(11)17/h2-8H,9H2,1H3,(H3,19,21,24)/b20-8-. The first kappa shape index (κ1) is 18.8. The summed E-state index contributed by atoms with van der Waals surface area (Å²) in [5.74, 6) is 1.25. The van der Waals surface area contributed by atoms with Crippen LogP contribution in [0.2, 0.25) is 5.02 Å². The van der Waals surface area contributed by atoms with Crippen molar-refractivity contribution in [3.8, 4) is 11.5 Å². The number of hydrazone groups is 1. The minimum Gasteiger partial charge on any atom is -0.493 e. The van der Waals surface area contributed by atoms with Crippen molar-refractivity contribution in [3.63, 3.8) is 0 Å². The first-order chi connectivity index (χ1) is 11.5. The van der Waals surface area contributed by atoms with E-state index in [1.54, 1.807) is 13.3 Å². The van der Waals surface area contributed by atoms with Gasteiger partial charge in [0.05, 0.1) is 16.9 Å². The molecule has 0 fully saturated rings. The molecule has 2 aromatic rings. The third-order valence-electron chi connectivity index (χ3n) is 2.97. The summed E-state index contributed by atoms with van der Waals surface area (Å²) in [6.45, 7) is 0.350. The minimum atomic E-state index is 0.104. The molecule has 0 aromatic heterocycles. The van der Waals surface area contributed by atoms with E-state index in [0.717, 1.165) is 14.7 Å². The molecular weight excluding hydrogens is 461 g/mol. The van der Waals surface area contributed by atoms with E-state index in [1.165, 1.54) is 0 Å². The second-order valence-electron chi connectivity index (χ2n) is 4.65. The molecule has 0 atom stereocenters. The zero-order valence-corrected chi connectivity index (χ0v) is 16.5. The predicted octanol–water partition coefficient (Wildman–Crippen LogP) is 3.70. The van der Waals surface area contributed by atoms with Crippen molar-refractivity contribution in [3.05, 3.63) is 56.1 Å². The molecule has 0 saturated carbocycles. The Bertz CT molecular complexity index is 771. The van der Waals surface area contributed by atoms with Crippen LogP contribution in [0.5, 0.6) is 11.5 Å². The van der Waals surface area contributed by atoms with Crippen LogP contribution in [0.25, 0.3) is 0 Å². The fraction of sp³-hybridized carbons (Fsp3) is 0.125. The summed E-state index contributed by atoms with van der Waals surface area (Å²) in [4.78, 5) is 0. The summed E-state index contributed by atoms with van der Waals surface area (Å²) in [7, 11) is 1.59. The van der Waals surface area contributed by atoms with Crippen LogP contribution in [-0.4, -0.2) is 18.4 Å². The van der Waals surface area contributed by atoms with Gasteiger partial charge in [-0.2, -0.15) is 5.10 Å². The quantitative estimate of drug-likeness (QED) is 0.289.